The zero-order chi connectivity index (χ0) is 25.8. The van der Waals surface area contributed by atoms with Crippen LogP contribution in [0.1, 0.15) is 54.7 Å². The highest BCUT2D eigenvalue weighted by Crippen LogP contribution is 2.41. The summed E-state index contributed by atoms with van der Waals surface area (Å²) in [5, 5.41) is 12.2. The molecule has 3 aromatic rings. The van der Waals surface area contributed by atoms with E-state index in [9.17, 15) is 9.59 Å². The van der Waals surface area contributed by atoms with Crippen molar-refractivity contribution in [3.8, 4) is 11.1 Å². The molecule has 4 rings (SSSR count). The van der Waals surface area contributed by atoms with Crippen molar-refractivity contribution in [3.05, 3.63) is 82.1 Å². The first-order valence-corrected chi connectivity index (χ1v) is 12.3. The monoisotopic (exact) mass is 512 g/mol. The van der Waals surface area contributed by atoms with Crippen LogP contribution in [0.25, 0.3) is 11.1 Å². The summed E-state index contributed by atoms with van der Waals surface area (Å²) in [7, 11) is 0. The largest absolute Gasteiger partial charge is 0.481 e. The lowest BCUT2D eigenvalue weighted by Crippen LogP contribution is -2.28. The fourth-order valence-corrected chi connectivity index (χ4v) is 5.20. The zero-order valence-corrected chi connectivity index (χ0v) is 20.6. The predicted octanol–water partition coefficient (Wildman–Crippen LogP) is 6.92. The average Bonchev–Trinajstić information content (AvgIpc) is 3.36. The Morgan fingerprint density at radius 3 is 2.58 bits per heavy atom. The first-order chi connectivity index (χ1) is 17.2. The normalized spacial score (nSPS) is 14.6. The third kappa shape index (κ3) is 5.73. The van der Waals surface area contributed by atoms with E-state index in [2.05, 4.69) is 10.3 Å². The number of benzene rings is 2. The number of carbonyl (C=O) groups is 2. The summed E-state index contributed by atoms with van der Waals surface area (Å²) >= 11 is 5.97. The Hall–Kier alpha value is -3.32. The van der Waals surface area contributed by atoms with E-state index in [1.807, 2.05) is 13.0 Å². The summed E-state index contributed by atoms with van der Waals surface area (Å²) in [5.74, 6) is -3.61. The van der Waals surface area contributed by atoms with Crippen LogP contribution in [0.4, 0.5) is 14.5 Å². The van der Waals surface area contributed by atoms with Gasteiger partial charge in [0.25, 0.3) is 0 Å². The number of halogens is 3. The van der Waals surface area contributed by atoms with E-state index in [-0.39, 0.29) is 23.5 Å². The van der Waals surface area contributed by atoms with Gasteiger partial charge in [-0.1, -0.05) is 36.6 Å². The number of aryl methyl sites for hydroxylation is 1. The minimum atomic E-state index is -0.903. The fraction of sp³-hybridized carbons (Fsp3) is 0.321. The maximum Gasteiger partial charge on any atom is 0.303 e. The zero-order valence-electron chi connectivity index (χ0n) is 19.9. The number of aromatic nitrogens is 1. The van der Waals surface area contributed by atoms with Gasteiger partial charge >= 0.3 is 5.97 Å². The van der Waals surface area contributed by atoms with Crippen molar-refractivity contribution >= 4 is 29.2 Å². The van der Waals surface area contributed by atoms with Crippen LogP contribution in [0.3, 0.4) is 0 Å². The molecule has 0 saturated heterocycles. The molecule has 1 atom stereocenters. The average molecular weight is 513 g/mol. The van der Waals surface area contributed by atoms with Crippen molar-refractivity contribution in [2.45, 2.75) is 51.4 Å². The van der Waals surface area contributed by atoms with E-state index < -0.39 is 29.4 Å². The molecule has 188 valence electrons. The molecule has 0 radical (unpaired) electrons. The van der Waals surface area contributed by atoms with Gasteiger partial charge in [-0.3, -0.25) is 14.6 Å². The van der Waals surface area contributed by atoms with Crippen LogP contribution in [-0.4, -0.2) is 22.0 Å². The van der Waals surface area contributed by atoms with Gasteiger partial charge in [-0.25, -0.2) is 8.78 Å². The number of anilines is 1. The summed E-state index contributed by atoms with van der Waals surface area (Å²) in [6, 6.07) is 9.03. The molecule has 1 aromatic heterocycles. The summed E-state index contributed by atoms with van der Waals surface area (Å²) in [6.45, 7) is 1.81. The van der Waals surface area contributed by atoms with Gasteiger partial charge < -0.3 is 10.4 Å². The van der Waals surface area contributed by atoms with Gasteiger partial charge in [-0.2, -0.15) is 0 Å². The molecule has 0 spiro atoms. The summed E-state index contributed by atoms with van der Waals surface area (Å²) in [5.41, 5.74) is 2.50. The Labute approximate surface area is 213 Å². The Morgan fingerprint density at radius 2 is 1.89 bits per heavy atom. The Morgan fingerprint density at radius 1 is 1.14 bits per heavy atom. The molecule has 0 aliphatic heterocycles. The summed E-state index contributed by atoms with van der Waals surface area (Å²) in [4.78, 5) is 28.5. The Kier molecular flexibility index (Phi) is 7.99. The molecule has 1 aliphatic carbocycles. The molecule has 1 fully saturated rings. The van der Waals surface area contributed by atoms with Crippen molar-refractivity contribution in [1.29, 1.82) is 0 Å². The number of nitrogens with one attached hydrogen (secondary N) is 1. The number of nitrogens with zero attached hydrogens (tertiary/aromatic N) is 1. The highest BCUT2D eigenvalue weighted by molar-refractivity contribution is 6.30. The number of aliphatic carboxylic acids is 1. The lowest BCUT2D eigenvalue weighted by Gasteiger charge is -2.25. The van der Waals surface area contributed by atoms with E-state index in [0.29, 0.717) is 22.7 Å². The number of carboxylic acids is 1. The predicted molar refractivity (Wildman–Crippen MR) is 135 cm³/mol. The molecule has 1 heterocycles. The van der Waals surface area contributed by atoms with E-state index in [4.69, 9.17) is 16.7 Å². The second-order valence-corrected chi connectivity index (χ2v) is 9.68. The van der Waals surface area contributed by atoms with Gasteiger partial charge in [0.2, 0.25) is 5.91 Å². The first kappa shape index (κ1) is 25.8. The third-order valence-corrected chi connectivity index (χ3v) is 7.11. The second-order valence-electron chi connectivity index (χ2n) is 9.24. The molecule has 2 N–H and O–H groups in total. The minimum Gasteiger partial charge on any atom is -0.481 e. The van der Waals surface area contributed by atoms with E-state index in [1.54, 1.807) is 12.1 Å². The standard InChI is InChI=1S/C28H27ClF2N2O3/c1-16-17(9-10-26(34)35)7-4-8-25(16)33-28(36)27(18-5-2-3-6-18)22-13-23(30)21(12-24(22)31)19-11-20(29)15-32-14-19/h4,7-8,11-15,18,27H,2-3,5-6,9-10H2,1H3,(H,33,36)(H,34,35). The van der Waals surface area contributed by atoms with Crippen molar-refractivity contribution in [3.63, 3.8) is 0 Å². The van der Waals surface area contributed by atoms with E-state index >= 15 is 8.78 Å². The van der Waals surface area contributed by atoms with Crippen LogP contribution in [-0.2, 0) is 16.0 Å². The van der Waals surface area contributed by atoms with Crippen LogP contribution in [0.5, 0.6) is 0 Å². The smallest absolute Gasteiger partial charge is 0.303 e. The fourth-order valence-electron chi connectivity index (χ4n) is 5.02. The highest BCUT2D eigenvalue weighted by atomic mass is 35.5. The van der Waals surface area contributed by atoms with Gasteiger partial charge in [-0.15, -0.1) is 0 Å². The molecular formula is C28H27ClF2N2O3. The SMILES string of the molecule is Cc1c(CCC(=O)O)cccc1NC(=O)C(c1cc(F)c(-c2cncc(Cl)c2)cc1F)C1CCCC1. The van der Waals surface area contributed by atoms with Crippen LogP contribution in [0.15, 0.2) is 48.8 Å². The van der Waals surface area contributed by atoms with Gasteiger partial charge in [0.1, 0.15) is 11.6 Å². The summed E-state index contributed by atoms with van der Waals surface area (Å²) in [6.07, 6.45) is 6.46. The van der Waals surface area contributed by atoms with E-state index in [0.717, 1.165) is 48.9 Å². The molecule has 2 aromatic carbocycles. The summed E-state index contributed by atoms with van der Waals surface area (Å²) < 4.78 is 30.7. The van der Waals surface area contributed by atoms with Gasteiger partial charge in [0, 0.05) is 41.2 Å². The molecule has 36 heavy (non-hydrogen) atoms. The molecule has 0 bridgehead atoms. The maximum absolute atomic E-state index is 15.5. The van der Waals surface area contributed by atoms with Crippen LogP contribution in [0, 0.1) is 24.5 Å². The van der Waals surface area contributed by atoms with Gasteiger partial charge in [0.05, 0.1) is 10.9 Å². The Bertz CT molecular complexity index is 1290. The maximum atomic E-state index is 15.5. The molecule has 5 nitrogen and oxygen atoms in total. The number of amides is 1. The van der Waals surface area contributed by atoms with Crippen LogP contribution < -0.4 is 5.32 Å². The van der Waals surface area contributed by atoms with Crippen molar-refractivity contribution in [2.75, 3.05) is 5.32 Å². The molecule has 1 saturated carbocycles. The van der Waals surface area contributed by atoms with Crippen molar-refractivity contribution < 1.29 is 23.5 Å². The number of hydrogen-bond acceptors (Lipinski definition) is 3. The molecule has 1 amide bonds. The highest BCUT2D eigenvalue weighted by Gasteiger charge is 2.35. The molecule has 8 heteroatoms. The number of rotatable bonds is 8. The number of pyridine rings is 1. The van der Waals surface area contributed by atoms with Crippen molar-refractivity contribution in [1.82, 2.24) is 4.98 Å². The number of hydrogen-bond donors (Lipinski definition) is 2. The first-order valence-electron chi connectivity index (χ1n) is 12.0. The van der Waals surface area contributed by atoms with Crippen molar-refractivity contribution in [2.24, 2.45) is 5.92 Å². The Balaban J connectivity index is 1.67. The number of carboxylic acid groups (broad SMARTS) is 1. The number of carbonyl (C=O) groups excluding carboxylic acids is 1. The van der Waals surface area contributed by atoms with Crippen LogP contribution in [0.2, 0.25) is 5.02 Å². The lowest BCUT2D eigenvalue weighted by molar-refractivity contribution is -0.137. The van der Waals surface area contributed by atoms with Gasteiger partial charge in [0.15, 0.2) is 0 Å². The second kappa shape index (κ2) is 11.2. The molecule has 1 aliphatic rings. The molecular weight excluding hydrogens is 486 g/mol. The van der Waals surface area contributed by atoms with Crippen LogP contribution >= 0.6 is 11.6 Å². The topological polar surface area (TPSA) is 79.3 Å². The quantitative estimate of drug-likeness (QED) is 0.343. The lowest BCUT2D eigenvalue weighted by atomic mass is 9.83. The van der Waals surface area contributed by atoms with Gasteiger partial charge in [-0.05, 0) is 67.5 Å². The third-order valence-electron chi connectivity index (χ3n) is 6.90. The van der Waals surface area contributed by atoms with E-state index in [1.165, 1.54) is 18.5 Å². The molecule has 1 unspecified atom stereocenters. The minimum absolute atomic E-state index is 0.0234.